The predicted molar refractivity (Wildman–Crippen MR) is 106 cm³/mol. The van der Waals surface area contributed by atoms with Crippen molar-refractivity contribution in [1.29, 1.82) is 0 Å². The van der Waals surface area contributed by atoms with Crippen LogP contribution >= 0.6 is 0 Å². The summed E-state index contributed by atoms with van der Waals surface area (Å²) in [5, 5.41) is 4.78. The van der Waals surface area contributed by atoms with Crippen LogP contribution in [0.4, 0.5) is 5.82 Å². The molecular formula is C23H19N3. The van der Waals surface area contributed by atoms with Gasteiger partial charge in [-0.15, -0.1) is 0 Å². The molecule has 2 heterocycles. The quantitative estimate of drug-likeness (QED) is 0.544. The third-order valence-electron chi connectivity index (χ3n) is 5.16. The highest BCUT2D eigenvalue weighted by Crippen LogP contribution is 2.34. The highest BCUT2D eigenvalue weighted by molar-refractivity contribution is 5.95. The van der Waals surface area contributed by atoms with Crippen LogP contribution in [0.25, 0.3) is 22.0 Å². The van der Waals surface area contributed by atoms with E-state index in [1.165, 1.54) is 16.7 Å². The SMILES string of the molecule is c1cncc(-c2cccc3nc(NC4CCc5ccccc54)ccc23)c1. The molecule has 0 saturated heterocycles. The molecule has 1 unspecified atom stereocenters. The van der Waals surface area contributed by atoms with Gasteiger partial charge in [-0.1, -0.05) is 42.5 Å². The topological polar surface area (TPSA) is 37.8 Å². The second-order valence-corrected chi connectivity index (χ2v) is 6.74. The van der Waals surface area contributed by atoms with Crippen molar-refractivity contribution in [2.24, 2.45) is 0 Å². The number of nitrogens with zero attached hydrogens (tertiary/aromatic N) is 2. The standard InChI is InChI=1S/C23H19N3/c1-2-7-19-16(5-1)10-12-22(19)26-23-13-11-20-18(8-3-9-21(20)25-23)17-6-4-14-24-15-17/h1-9,11,13-15,22H,10,12H2,(H,25,26). The number of aryl methyl sites for hydroxylation is 1. The van der Waals surface area contributed by atoms with Gasteiger partial charge < -0.3 is 5.32 Å². The average molecular weight is 337 g/mol. The first-order valence-corrected chi connectivity index (χ1v) is 9.03. The third-order valence-corrected chi connectivity index (χ3v) is 5.16. The van der Waals surface area contributed by atoms with Crippen LogP contribution < -0.4 is 5.32 Å². The number of anilines is 1. The Bertz CT molecular complexity index is 1070. The molecule has 0 spiro atoms. The Morgan fingerprint density at radius 1 is 0.885 bits per heavy atom. The fraction of sp³-hybridized carbons (Fsp3) is 0.130. The molecule has 3 heteroatoms. The number of fused-ring (bicyclic) bond motifs is 2. The van der Waals surface area contributed by atoms with E-state index in [9.17, 15) is 0 Å². The maximum atomic E-state index is 4.87. The molecule has 1 aliphatic carbocycles. The zero-order valence-electron chi connectivity index (χ0n) is 14.4. The zero-order chi connectivity index (χ0) is 17.3. The van der Waals surface area contributed by atoms with Gasteiger partial charge >= 0.3 is 0 Å². The van der Waals surface area contributed by atoms with Crippen molar-refractivity contribution in [3.8, 4) is 11.1 Å². The molecule has 1 atom stereocenters. The molecule has 0 fully saturated rings. The summed E-state index contributed by atoms with van der Waals surface area (Å²) in [4.78, 5) is 9.11. The molecule has 0 radical (unpaired) electrons. The van der Waals surface area contributed by atoms with Crippen LogP contribution in [0.1, 0.15) is 23.6 Å². The molecule has 1 N–H and O–H groups in total. The van der Waals surface area contributed by atoms with Crippen LogP contribution in [0.2, 0.25) is 0 Å². The number of hydrogen-bond acceptors (Lipinski definition) is 3. The summed E-state index contributed by atoms with van der Waals surface area (Å²) in [7, 11) is 0. The molecule has 0 saturated carbocycles. The van der Waals surface area contributed by atoms with Gasteiger partial charge in [0.15, 0.2) is 0 Å². The lowest BCUT2D eigenvalue weighted by molar-refractivity contribution is 0.758. The van der Waals surface area contributed by atoms with Crippen LogP contribution in [-0.4, -0.2) is 9.97 Å². The van der Waals surface area contributed by atoms with E-state index >= 15 is 0 Å². The van der Waals surface area contributed by atoms with Crippen LogP contribution in [0.5, 0.6) is 0 Å². The minimum absolute atomic E-state index is 0.345. The molecular weight excluding hydrogens is 318 g/mol. The number of rotatable bonds is 3. The first-order valence-electron chi connectivity index (χ1n) is 9.03. The Kier molecular flexibility index (Phi) is 3.64. The number of benzene rings is 2. The molecule has 0 aliphatic heterocycles. The first kappa shape index (κ1) is 15.1. The van der Waals surface area contributed by atoms with Gasteiger partial charge in [0, 0.05) is 23.3 Å². The average Bonchev–Trinajstić information content (AvgIpc) is 3.11. The second-order valence-electron chi connectivity index (χ2n) is 6.74. The van der Waals surface area contributed by atoms with Crippen LogP contribution in [0.3, 0.4) is 0 Å². The minimum atomic E-state index is 0.345. The molecule has 0 amide bonds. The molecule has 5 rings (SSSR count). The third kappa shape index (κ3) is 2.62. The molecule has 2 aromatic carbocycles. The van der Waals surface area contributed by atoms with Crippen molar-refractivity contribution < 1.29 is 0 Å². The number of nitrogens with one attached hydrogen (secondary N) is 1. The van der Waals surface area contributed by atoms with Gasteiger partial charge in [-0.3, -0.25) is 4.98 Å². The van der Waals surface area contributed by atoms with E-state index in [1.54, 1.807) is 6.20 Å². The van der Waals surface area contributed by atoms with Crippen LogP contribution in [0.15, 0.2) is 79.1 Å². The van der Waals surface area contributed by atoms with E-state index in [4.69, 9.17) is 4.98 Å². The Morgan fingerprint density at radius 2 is 1.85 bits per heavy atom. The Hall–Kier alpha value is -3.20. The second kappa shape index (κ2) is 6.26. The summed E-state index contributed by atoms with van der Waals surface area (Å²) in [6.45, 7) is 0. The van der Waals surface area contributed by atoms with E-state index < -0.39 is 0 Å². The van der Waals surface area contributed by atoms with E-state index in [2.05, 4.69) is 71.0 Å². The largest absolute Gasteiger partial charge is 0.363 e. The number of aromatic nitrogens is 2. The highest BCUT2D eigenvalue weighted by Gasteiger charge is 2.22. The van der Waals surface area contributed by atoms with Crippen molar-refractivity contribution >= 4 is 16.7 Å². The molecule has 2 aromatic heterocycles. The smallest absolute Gasteiger partial charge is 0.127 e. The van der Waals surface area contributed by atoms with E-state index in [0.717, 1.165) is 35.1 Å². The molecule has 1 aliphatic rings. The summed E-state index contributed by atoms with van der Waals surface area (Å²) < 4.78 is 0. The van der Waals surface area contributed by atoms with Crippen molar-refractivity contribution in [2.75, 3.05) is 5.32 Å². The van der Waals surface area contributed by atoms with Gasteiger partial charge in [0.25, 0.3) is 0 Å². The van der Waals surface area contributed by atoms with Crippen molar-refractivity contribution in [2.45, 2.75) is 18.9 Å². The molecule has 126 valence electrons. The lowest BCUT2D eigenvalue weighted by atomic mass is 10.0. The monoisotopic (exact) mass is 337 g/mol. The zero-order valence-corrected chi connectivity index (χ0v) is 14.4. The van der Waals surface area contributed by atoms with E-state index in [1.807, 2.05) is 12.3 Å². The van der Waals surface area contributed by atoms with Gasteiger partial charge in [0.05, 0.1) is 11.6 Å². The van der Waals surface area contributed by atoms with Crippen LogP contribution in [-0.2, 0) is 6.42 Å². The Morgan fingerprint density at radius 3 is 2.77 bits per heavy atom. The van der Waals surface area contributed by atoms with Gasteiger partial charge in [-0.2, -0.15) is 0 Å². The van der Waals surface area contributed by atoms with Crippen molar-refractivity contribution in [1.82, 2.24) is 9.97 Å². The Balaban J connectivity index is 1.50. The van der Waals surface area contributed by atoms with E-state index in [-0.39, 0.29) is 0 Å². The summed E-state index contributed by atoms with van der Waals surface area (Å²) in [5.74, 6) is 0.933. The lowest BCUT2D eigenvalue weighted by Crippen LogP contribution is -2.08. The summed E-state index contributed by atoms with van der Waals surface area (Å²) >= 11 is 0. The number of hydrogen-bond donors (Lipinski definition) is 1. The Labute approximate surface area is 152 Å². The lowest BCUT2D eigenvalue weighted by Gasteiger charge is -2.15. The van der Waals surface area contributed by atoms with Gasteiger partial charge in [-0.05, 0) is 53.8 Å². The molecule has 0 bridgehead atoms. The summed E-state index contributed by atoms with van der Waals surface area (Å²) in [6, 6.07) is 23.6. The van der Waals surface area contributed by atoms with Gasteiger partial charge in [0.2, 0.25) is 0 Å². The fourth-order valence-corrected chi connectivity index (χ4v) is 3.89. The van der Waals surface area contributed by atoms with Gasteiger partial charge in [-0.25, -0.2) is 4.98 Å². The normalized spacial score (nSPS) is 15.8. The predicted octanol–water partition coefficient (Wildman–Crippen LogP) is 5.40. The van der Waals surface area contributed by atoms with Crippen molar-refractivity contribution in [3.63, 3.8) is 0 Å². The summed E-state index contributed by atoms with van der Waals surface area (Å²) in [5.41, 5.74) is 6.14. The first-order chi connectivity index (χ1) is 12.9. The minimum Gasteiger partial charge on any atom is -0.363 e. The molecule has 26 heavy (non-hydrogen) atoms. The molecule has 4 aromatic rings. The van der Waals surface area contributed by atoms with Gasteiger partial charge in [0.1, 0.15) is 5.82 Å². The maximum absolute atomic E-state index is 4.87. The summed E-state index contributed by atoms with van der Waals surface area (Å²) in [6.07, 6.45) is 5.95. The van der Waals surface area contributed by atoms with Crippen LogP contribution in [0, 0.1) is 0 Å². The van der Waals surface area contributed by atoms with Crippen molar-refractivity contribution in [3.05, 3.63) is 90.3 Å². The van der Waals surface area contributed by atoms with E-state index in [0.29, 0.717) is 6.04 Å². The number of pyridine rings is 2. The highest BCUT2D eigenvalue weighted by atomic mass is 15.0. The fourth-order valence-electron chi connectivity index (χ4n) is 3.89. The molecule has 3 nitrogen and oxygen atoms in total. The maximum Gasteiger partial charge on any atom is 0.127 e.